The lowest BCUT2D eigenvalue weighted by Gasteiger charge is -2.04. The quantitative estimate of drug-likeness (QED) is 0.805. The first kappa shape index (κ1) is 12.9. The minimum atomic E-state index is 0.184. The van der Waals surface area contributed by atoms with E-state index in [9.17, 15) is 4.79 Å². The Balaban J connectivity index is 1.64. The summed E-state index contributed by atoms with van der Waals surface area (Å²) < 4.78 is 1.03. The molecule has 0 aromatic heterocycles. The van der Waals surface area contributed by atoms with Crippen LogP contribution in [-0.4, -0.2) is 5.91 Å². The first-order valence-electron chi connectivity index (χ1n) is 6.99. The zero-order valence-electron chi connectivity index (χ0n) is 10.8. The van der Waals surface area contributed by atoms with Crippen molar-refractivity contribution in [2.24, 2.45) is 17.8 Å². The number of carbonyl (C=O) groups is 1. The summed E-state index contributed by atoms with van der Waals surface area (Å²) in [5.74, 6) is 1.43. The topological polar surface area (TPSA) is 29.1 Å². The highest BCUT2D eigenvalue weighted by molar-refractivity contribution is 9.10. The molecule has 0 radical (unpaired) electrons. The number of allylic oxidation sites excluding steroid dienone is 2. The summed E-state index contributed by atoms with van der Waals surface area (Å²) in [6.07, 6.45) is 9.41. The Kier molecular flexibility index (Phi) is 3.74. The molecule has 19 heavy (non-hydrogen) atoms. The van der Waals surface area contributed by atoms with Crippen LogP contribution in [0, 0.1) is 17.8 Å². The summed E-state index contributed by atoms with van der Waals surface area (Å²) in [6.45, 7) is 0. The molecule has 2 aliphatic rings. The normalized spacial score (nSPS) is 30.7. The van der Waals surface area contributed by atoms with E-state index < -0.39 is 0 Å². The van der Waals surface area contributed by atoms with E-state index in [1.165, 1.54) is 25.7 Å². The lowest BCUT2D eigenvalue weighted by atomic mass is 10.1. The molecule has 1 saturated carbocycles. The molecule has 0 aliphatic heterocycles. The van der Waals surface area contributed by atoms with Gasteiger partial charge in [-0.3, -0.25) is 4.79 Å². The third kappa shape index (κ3) is 2.92. The number of rotatable bonds is 2. The van der Waals surface area contributed by atoms with Crippen LogP contribution in [0.4, 0.5) is 5.69 Å². The molecule has 1 fully saturated rings. The number of halogens is 1. The van der Waals surface area contributed by atoms with Gasteiger partial charge in [0.05, 0.1) is 0 Å². The monoisotopic (exact) mass is 319 g/mol. The van der Waals surface area contributed by atoms with Gasteiger partial charge in [0.15, 0.2) is 0 Å². The molecule has 0 spiro atoms. The van der Waals surface area contributed by atoms with Gasteiger partial charge in [0.25, 0.3) is 0 Å². The minimum Gasteiger partial charge on any atom is -0.326 e. The van der Waals surface area contributed by atoms with Gasteiger partial charge in [-0.2, -0.15) is 0 Å². The zero-order chi connectivity index (χ0) is 13.2. The maximum absolute atomic E-state index is 12.3. The fourth-order valence-electron chi connectivity index (χ4n) is 3.06. The Morgan fingerprint density at radius 1 is 1.21 bits per heavy atom. The molecule has 3 atom stereocenters. The van der Waals surface area contributed by atoms with Crippen LogP contribution in [0.3, 0.4) is 0 Å². The third-order valence-corrected chi connectivity index (χ3v) is 4.69. The first-order valence-corrected chi connectivity index (χ1v) is 7.78. The lowest BCUT2D eigenvalue weighted by molar-refractivity contribution is -0.117. The SMILES string of the molecule is O=C(Nc1ccc(Br)cc1)[C@@H]1[C@H]2/C=C\CCCC[C@H]21. The number of fused-ring (bicyclic) bond motifs is 1. The highest BCUT2D eigenvalue weighted by atomic mass is 79.9. The zero-order valence-corrected chi connectivity index (χ0v) is 12.4. The van der Waals surface area contributed by atoms with Crippen LogP contribution in [0.25, 0.3) is 0 Å². The molecular weight excluding hydrogens is 302 g/mol. The Morgan fingerprint density at radius 2 is 2.00 bits per heavy atom. The predicted octanol–water partition coefficient (Wildman–Crippen LogP) is 4.38. The van der Waals surface area contributed by atoms with E-state index in [1.54, 1.807) is 0 Å². The van der Waals surface area contributed by atoms with Gasteiger partial charge in [-0.05, 0) is 55.4 Å². The van der Waals surface area contributed by atoms with Crippen LogP contribution >= 0.6 is 15.9 Å². The maximum Gasteiger partial charge on any atom is 0.228 e. The minimum absolute atomic E-state index is 0.184. The molecule has 0 bridgehead atoms. The average molecular weight is 320 g/mol. The van der Waals surface area contributed by atoms with Crippen LogP contribution < -0.4 is 5.32 Å². The van der Waals surface area contributed by atoms with Crippen molar-refractivity contribution >= 4 is 27.5 Å². The number of hydrogen-bond donors (Lipinski definition) is 1. The van der Waals surface area contributed by atoms with Gasteiger partial charge in [-0.25, -0.2) is 0 Å². The van der Waals surface area contributed by atoms with Crippen LogP contribution in [0.1, 0.15) is 25.7 Å². The van der Waals surface area contributed by atoms with E-state index in [0.717, 1.165) is 10.2 Å². The van der Waals surface area contributed by atoms with E-state index in [4.69, 9.17) is 0 Å². The molecule has 3 heteroatoms. The second-order valence-electron chi connectivity index (χ2n) is 5.48. The summed E-state index contributed by atoms with van der Waals surface area (Å²) >= 11 is 3.40. The van der Waals surface area contributed by atoms with E-state index >= 15 is 0 Å². The molecule has 1 aromatic rings. The summed E-state index contributed by atoms with van der Waals surface area (Å²) in [5.41, 5.74) is 0.886. The Hall–Kier alpha value is -1.09. The number of amides is 1. The van der Waals surface area contributed by atoms with Crippen LogP contribution in [0.2, 0.25) is 0 Å². The average Bonchev–Trinajstić information content (AvgIpc) is 3.03. The fraction of sp³-hybridized carbons (Fsp3) is 0.438. The molecule has 1 amide bonds. The van der Waals surface area contributed by atoms with Gasteiger partial charge in [0, 0.05) is 16.1 Å². The molecule has 1 aromatic carbocycles. The Bertz CT molecular complexity index is 494. The molecule has 1 N–H and O–H groups in total. The van der Waals surface area contributed by atoms with E-state index in [-0.39, 0.29) is 11.8 Å². The summed E-state index contributed by atoms with van der Waals surface area (Å²) in [5, 5.41) is 3.03. The second-order valence-corrected chi connectivity index (χ2v) is 6.39. The van der Waals surface area contributed by atoms with Gasteiger partial charge in [0.2, 0.25) is 5.91 Å². The second kappa shape index (κ2) is 5.49. The fourth-order valence-corrected chi connectivity index (χ4v) is 3.32. The van der Waals surface area contributed by atoms with Crippen molar-refractivity contribution in [3.63, 3.8) is 0 Å². The number of nitrogens with one attached hydrogen (secondary N) is 1. The number of carbonyl (C=O) groups excluding carboxylic acids is 1. The lowest BCUT2D eigenvalue weighted by Crippen LogP contribution is -2.15. The molecule has 3 rings (SSSR count). The molecular formula is C16H18BrNO. The van der Waals surface area contributed by atoms with Crippen molar-refractivity contribution in [1.82, 2.24) is 0 Å². The van der Waals surface area contributed by atoms with Crippen molar-refractivity contribution in [3.8, 4) is 0 Å². The molecule has 100 valence electrons. The van der Waals surface area contributed by atoms with Gasteiger partial charge in [-0.1, -0.05) is 34.5 Å². The van der Waals surface area contributed by atoms with Crippen molar-refractivity contribution in [2.75, 3.05) is 5.32 Å². The highest BCUT2D eigenvalue weighted by Crippen LogP contribution is 2.51. The van der Waals surface area contributed by atoms with Crippen LogP contribution in [0.5, 0.6) is 0 Å². The Morgan fingerprint density at radius 3 is 2.79 bits per heavy atom. The number of hydrogen-bond acceptors (Lipinski definition) is 1. The van der Waals surface area contributed by atoms with Gasteiger partial charge in [-0.15, -0.1) is 0 Å². The molecule has 0 heterocycles. The first-order chi connectivity index (χ1) is 9.25. The maximum atomic E-state index is 12.3. The van der Waals surface area contributed by atoms with E-state index in [1.807, 2.05) is 24.3 Å². The predicted molar refractivity (Wildman–Crippen MR) is 80.8 cm³/mol. The molecule has 0 unspecified atom stereocenters. The smallest absolute Gasteiger partial charge is 0.228 e. The van der Waals surface area contributed by atoms with Gasteiger partial charge >= 0.3 is 0 Å². The Labute approximate surface area is 122 Å². The van der Waals surface area contributed by atoms with Gasteiger partial charge < -0.3 is 5.32 Å². The van der Waals surface area contributed by atoms with Gasteiger partial charge in [0.1, 0.15) is 0 Å². The molecule has 2 aliphatic carbocycles. The molecule has 2 nitrogen and oxygen atoms in total. The van der Waals surface area contributed by atoms with Crippen molar-refractivity contribution in [2.45, 2.75) is 25.7 Å². The highest BCUT2D eigenvalue weighted by Gasteiger charge is 2.52. The number of anilines is 1. The van der Waals surface area contributed by atoms with Crippen LogP contribution in [-0.2, 0) is 4.79 Å². The number of benzene rings is 1. The largest absolute Gasteiger partial charge is 0.326 e. The van der Waals surface area contributed by atoms with Crippen LogP contribution in [0.15, 0.2) is 40.9 Å². The summed E-state index contributed by atoms with van der Waals surface area (Å²) in [6, 6.07) is 7.77. The standard InChI is InChI=1S/C16H18BrNO/c17-11-7-9-12(10-8-11)18-16(19)15-13-5-3-1-2-4-6-14(13)15/h3,5,7-10,13-15H,1-2,4,6H2,(H,18,19)/b5-3-/t13-,14+,15+/m0/s1. The van der Waals surface area contributed by atoms with Crippen molar-refractivity contribution < 1.29 is 4.79 Å². The van der Waals surface area contributed by atoms with E-state index in [2.05, 4.69) is 33.4 Å². The summed E-state index contributed by atoms with van der Waals surface area (Å²) in [4.78, 5) is 12.3. The molecule has 0 saturated heterocycles. The third-order valence-electron chi connectivity index (χ3n) is 4.16. The van der Waals surface area contributed by atoms with Crippen molar-refractivity contribution in [3.05, 3.63) is 40.9 Å². The van der Waals surface area contributed by atoms with Crippen molar-refractivity contribution in [1.29, 1.82) is 0 Å². The summed E-state index contributed by atoms with van der Waals surface area (Å²) in [7, 11) is 0. The van der Waals surface area contributed by atoms with E-state index in [0.29, 0.717) is 11.8 Å².